The Morgan fingerprint density at radius 2 is 1.78 bits per heavy atom. The summed E-state index contributed by atoms with van der Waals surface area (Å²) in [5, 5.41) is 0.666. The first kappa shape index (κ1) is 12.6. The zero-order chi connectivity index (χ0) is 13.1. The largest absolute Gasteiger partial charge is 0.497 e. The molecule has 0 atom stereocenters. The number of rotatable bonds is 3. The second kappa shape index (κ2) is 5.19. The first-order valence-electron chi connectivity index (χ1n) is 5.54. The van der Waals surface area contributed by atoms with Gasteiger partial charge in [-0.1, -0.05) is 11.6 Å². The number of nitrogens with zero attached hydrogens (tertiary/aromatic N) is 1. The zero-order valence-corrected chi connectivity index (χ0v) is 11.1. The minimum absolute atomic E-state index is 0.666. The number of nitrogen functional groups attached to an aromatic ring is 1. The number of benzene rings is 2. The fraction of sp³-hybridized carbons (Fsp3) is 0.143. The van der Waals surface area contributed by atoms with Crippen LogP contribution in [0.4, 0.5) is 17.1 Å². The molecule has 2 aromatic rings. The molecule has 0 spiro atoms. The Morgan fingerprint density at radius 1 is 1.11 bits per heavy atom. The summed E-state index contributed by atoms with van der Waals surface area (Å²) in [6, 6.07) is 13.2. The minimum Gasteiger partial charge on any atom is -0.497 e. The lowest BCUT2D eigenvalue weighted by Crippen LogP contribution is -2.11. The van der Waals surface area contributed by atoms with Gasteiger partial charge >= 0.3 is 0 Å². The minimum atomic E-state index is 0.666. The van der Waals surface area contributed by atoms with Crippen LogP contribution in [0.2, 0.25) is 5.02 Å². The van der Waals surface area contributed by atoms with E-state index in [1.807, 2.05) is 42.3 Å². The number of hydrogen-bond acceptors (Lipinski definition) is 3. The third kappa shape index (κ3) is 2.51. The summed E-state index contributed by atoms with van der Waals surface area (Å²) < 4.78 is 5.13. The molecule has 0 fully saturated rings. The molecule has 0 aliphatic rings. The molecule has 0 bridgehead atoms. The molecule has 0 amide bonds. The molecule has 0 saturated heterocycles. The van der Waals surface area contributed by atoms with Crippen LogP contribution in [0.1, 0.15) is 0 Å². The average molecular weight is 263 g/mol. The van der Waals surface area contributed by atoms with E-state index in [1.165, 1.54) is 0 Å². The molecule has 2 N–H and O–H groups in total. The van der Waals surface area contributed by atoms with E-state index in [1.54, 1.807) is 19.2 Å². The summed E-state index contributed by atoms with van der Waals surface area (Å²) in [4.78, 5) is 1.99. The molecule has 94 valence electrons. The molecule has 18 heavy (non-hydrogen) atoms. The fourth-order valence-corrected chi connectivity index (χ4v) is 1.92. The molecule has 0 aromatic heterocycles. The smallest absolute Gasteiger partial charge is 0.119 e. The van der Waals surface area contributed by atoms with E-state index in [2.05, 4.69) is 0 Å². The average Bonchev–Trinajstić information content (AvgIpc) is 2.41. The predicted molar refractivity (Wildman–Crippen MR) is 76.9 cm³/mol. The normalized spacial score (nSPS) is 10.2. The van der Waals surface area contributed by atoms with Gasteiger partial charge in [-0.3, -0.25) is 0 Å². The number of hydrogen-bond donors (Lipinski definition) is 1. The Balaban J connectivity index is 2.34. The molecule has 2 aromatic carbocycles. The summed E-state index contributed by atoms with van der Waals surface area (Å²) in [6.45, 7) is 0. The molecule has 0 unspecified atom stereocenters. The summed E-state index contributed by atoms with van der Waals surface area (Å²) in [5.41, 5.74) is 8.55. The van der Waals surface area contributed by atoms with Gasteiger partial charge in [0, 0.05) is 17.8 Å². The van der Waals surface area contributed by atoms with Gasteiger partial charge in [0.2, 0.25) is 0 Å². The van der Waals surface area contributed by atoms with Gasteiger partial charge in [-0.2, -0.15) is 0 Å². The molecule has 0 aliphatic carbocycles. The number of methoxy groups -OCH3 is 1. The predicted octanol–water partition coefficient (Wildman–Crippen LogP) is 3.70. The monoisotopic (exact) mass is 262 g/mol. The SMILES string of the molecule is COc1ccc(N(C)c2cc(Cl)ccc2N)cc1. The van der Waals surface area contributed by atoms with E-state index < -0.39 is 0 Å². The molecule has 3 nitrogen and oxygen atoms in total. The van der Waals surface area contributed by atoms with E-state index >= 15 is 0 Å². The van der Waals surface area contributed by atoms with Crippen LogP contribution in [0.5, 0.6) is 5.75 Å². The van der Waals surface area contributed by atoms with Gasteiger partial charge in [0.25, 0.3) is 0 Å². The molecular formula is C14H15ClN2O. The highest BCUT2D eigenvalue weighted by Crippen LogP contribution is 2.31. The lowest BCUT2D eigenvalue weighted by Gasteiger charge is -2.21. The zero-order valence-electron chi connectivity index (χ0n) is 10.4. The highest BCUT2D eigenvalue weighted by molar-refractivity contribution is 6.31. The topological polar surface area (TPSA) is 38.5 Å². The van der Waals surface area contributed by atoms with Crippen molar-refractivity contribution < 1.29 is 4.74 Å². The van der Waals surface area contributed by atoms with Crippen molar-refractivity contribution >= 4 is 28.7 Å². The van der Waals surface area contributed by atoms with Crippen LogP contribution in [0.25, 0.3) is 0 Å². The third-order valence-corrected chi connectivity index (χ3v) is 3.05. The molecule has 0 saturated carbocycles. The van der Waals surface area contributed by atoms with Crippen LogP contribution in [-0.4, -0.2) is 14.2 Å². The standard InChI is InChI=1S/C14H15ClN2O/c1-17(11-4-6-12(18-2)7-5-11)14-9-10(15)3-8-13(14)16/h3-9H,16H2,1-2H3. The Labute approximate surface area is 112 Å². The third-order valence-electron chi connectivity index (χ3n) is 2.81. The maximum atomic E-state index is 5.99. The van der Waals surface area contributed by atoms with Gasteiger partial charge in [-0.05, 0) is 42.5 Å². The molecule has 0 heterocycles. The van der Waals surface area contributed by atoms with Crippen molar-refractivity contribution in [1.29, 1.82) is 0 Å². The van der Waals surface area contributed by atoms with Crippen LogP contribution in [0.15, 0.2) is 42.5 Å². The van der Waals surface area contributed by atoms with Crippen molar-refractivity contribution in [3.63, 3.8) is 0 Å². The Bertz CT molecular complexity index is 540. The van der Waals surface area contributed by atoms with Gasteiger partial charge in [-0.15, -0.1) is 0 Å². The van der Waals surface area contributed by atoms with Crippen molar-refractivity contribution in [3.05, 3.63) is 47.5 Å². The van der Waals surface area contributed by atoms with Gasteiger partial charge in [0.05, 0.1) is 18.5 Å². The Morgan fingerprint density at radius 3 is 2.39 bits per heavy atom. The van der Waals surface area contributed by atoms with Crippen LogP contribution in [-0.2, 0) is 0 Å². The van der Waals surface area contributed by atoms with E-state index in [0.717, 1.165) is 17.1 Å². The summed E-state index contributed by atoms with van der Waals surface area (Å²) in [6.07, 6.45) is 0. The quantitative estimate of drug-likeness (QED) is 0.858. The van der Waals surface area contributed by atoms with E-state index in [0.29, 0.717) is 10.7 Å². The maximum absolute atomic E-state index is 5.99. The highest BCUT2D eigenvalue weighted by atomic mass is 35.5. The van der Waals surface area contributed by atoms with Crippen molar-refractivity contribution in [2.24, 2.45) is 0 Å². The lowest BCUT2D eigenvalue weighted by atomic mass is 10.2. The summed E-state index contributed by atoms with van der Waals surface area (Å²) in [5.74, 6) is 0.825. The van der Waals surface area contributed by atoms with Gasteiger partial charge in [0.15, 0.2) is 0 Å². The number of ether oxygens (including phenoxy) is 1. The molecule has 2 rings (SSSR count). The first-order chi connectivity index (χ1) is 8.61. The molecule has 0 radical (unpaired) electrons. The summed E-state index contributed by atoms with van der Waals surface area (Å²) in [7, 11) is 3.59. The second-order valence-electron chi connectivity index (χ2n) is 3.96. The van der Waals surface area contributed by atoms with Crippen molar-refractivity contribution in [3.8, 4) is 5.75 Å². The molecule has 4 heteroatoms. The van der Waals surface area contributed by atoms with Crippen molar-refractivity contribution in [1.82, 2.24) is 0 Å². The Kier molecular flexibility index (Phi) is 3.63. The highest BCUT2D eigenvalue weighted by Gasteiger charge is 2.08. The van der Waals surface area contributed by atoms with Gasteiger partial charge in [-0.25, -0.2) is 0 Å². The maximum Gasteiger partial charge on any atom is 0.119 e. The second-order valence-corrected chi connectivity index (χ2v) is 4.40. The fourth-order valence-electron chi connectivity index (χ4n) is 1.75. The molecular weight excluding hydrogens is 248 g/mol. The first-order valence-corrected chi connectivity index (χ1v) is 5.92. The van der Waals surface area contributed by atoms with Crippen LogP contribution in [0, 0.1) is 0 Å². The van der Waals surface area contributed by atoms with E-state index in [-0.39, 0.29) is 0 Å². The van der Waals surface area contributed by atoms with E-state index in [9.17, 15) is 0 Å². The van der Waals surface area contributed by atoms with Gasteiger partial charge in [0.1, 0.15) is 5.75 Å². The Hall–Kier alpha value is -1.87. The van der Waals surface area contributed by atoms with Crippen molar-refractivity contribution in [2.75, 3.05) is 24.8 Å². The van der Waals surface area contributed by atoms with Crippen LogP contribution >= 0.6 is 11.6 Å². The van der Waals surface area contributed by atoms with Crippen LogP contribution < -0.4 is 15.4 Å². The number of nitrogens with two attached hydrogens (primary N) is 1. The van der Waals surface area contributed by atoms with E-state index in [4.69, 9.17) is 22.1 Å². The molecule has 0 aliphatic heterocycles. The summed E-state index contributed by atoms with van der Waals surface area (Å²) >= 11 is 5.99. The lowest BCUT2D eigenvalue weighted by molar-refractivity contribution is 0.415. The number of anilines is 3. The van der Waals surface area contributed by atoms with Gasteiger partial charge < -0.3 is 15.4 Å². The van der Waals surface area contributed by atoms with Crippen LogP contribution in [0.3, 0.4) is 0 Å². The number of halogens is 1. The van der Waals surface area contributed by atoms with Crippen molar-refractivity contribution in [2.45, 2.75) is 0 Å².